The Labute approximate surface area is 120 Å². The molecule has 1 unspecified atom stereocenters. The summed E-state index contributed by atoms with van der Waals surface area (Å²) in [5, 5.41) is 3.59. The molecule has 0 radical (unpaired) electrons. The topological polar surface area (TPSA) is 12.0 Å². The molecule has 110 valence electrons. The minimum Gasteiger partial charge on any atom is -0.313 e. The molecule has 1 atom stereocenters. The summed E-state index contributed by atoms with van der Waals surface area (Å²) in [5.74, 6) is 1.03. The molecule has 2 rings (SSSR count). The van der Waals surface area contributed by atoms with Crippen molar-refractivity contribution in [2.75, 3.05) is 7.05 Å². The molecule has 0 amide bonds. The molecule has 19 heavy (non-hydrogen) atoms. The molecule has 0 bridgehead atoms. The highest BCUT2D eigenvalue weighted by atomic mass is 14.9. The van der Waals surface area contributed by atoms with Crippen LogP contribution in [0.2, 0.25) is 0 Å². The predicted octanol–water partition coefficient (Wildman–Crippen LogP) is 5.22. The second-order valence-corrected chi connectivity index (χ2v) is 6.65. The van der Waals surface area contributed by atoms with Gasteiger partial charge in [-0.25, -0.2) is 0 Å². The van der Waals surface area contributed by atoms with Crippen LogP contribution in [0, 0.1) is 5.92 Å². The van der Waals surface area contributed by atoms with Gasteiger partial charge in [-0.15, -0.1) is 0 Å². The van der Waals surface area contributed by atoms with Crippen molar-refractivity contribution in [2.45, 2.75) is 89.5 Å². The zero-order valence-corrected chi connectivity index (χ0v) is 12.9. The first-order valence-electron chi connectivity index (χ1n) is 8.76. The van der Waals surface area contributed by atoms with Gasteiger partial charge in [0.1, 0.15) is 0 Å². The van der Waals surface area contributed by atoms with E-state index in [1.807, 2.05) is 0 Å². The van der Waals surface area contributed by atoms with Crippen molar-refractivity contribution in [1.82, 2.24) is 5.32 Å². The van der Waals surface area contributed by atoms with Crippen LogP contribution in [0.4, 0.5) is 0 Å². The molecular formula is C18H33N. The lowest BCUT2D eigenvalue weighted by Crippen LogP contribution is -2.28. The van der Waals surface area contributed by atoms with Crippen LogP contribution in [0.3, 0.4) is 0 Å². The molecular weight excluding hydrogens is 230 g/mol. The third-order valence-corrected chi connectivity index (χ3v) is 5.21. The van der Waals surface area contributed by atoms with Gasteiger partial charge in [-0.2, -0.15) is 0 Å². The molecule has 1 saturated carbocycles. The van der Waals surface area contributed by atoms with Crippen LogP contribution in [0.25, 0.3) is 0 Å². The van der Waals surface area contributed by atoms with E-state index >= 15 is 0 Å². The Hall–Kier alpha value is -0.300. The van der Waals surface area contributed by atoms with E-state index in [4.69, 9.17) is 0 Å². The Balaban J connectivity index is 1.80. The first kappa shape index (κ1) is 15.1. The summed E-state index contributed by atoms with van der Waals surface area (Å²) < 4.78 is 0. The van der Waals surface area contributed by atoms with E-state index in [1.54, 1.807) is 5.57 Å². The van der Waals surface area contributed by atoms with Crippen LogP contribution >= 0.6 is 0 Å². The van der Waals surface area contributed by atoms with Crippen molar-refractivity contribution in [3.63, 3.8) is 0 Å². The summed E-state index contributed by atoms with van der Waals surface area (Å²) in [6.45, 7) is 0. The monoisotopic (exact) mass is 263 g/mol. The highest BCUT2D eigenvalue weighted by Gasteiger charge is 2.18. The molecule has 1 N–H and O–H groups in total. The number of hydrogen-bond donors (Lipinski definition) is 1. The van der Waals surface area contributed by atoms with Crippen molar-refractivity contribution in [3.05, 3.63) is 11.6 Å². The summed E-state index contributed by atoms with van der Waals surface area (Å²) in [5.41, 5.74) is 1.72. The Morgan fingerprint density at radius 1 is 1.05 bits per heavy atom. The van der Waals surface area contributed by atoms with Gasteiger partial charge in [-0.1, -0.05) is 56.6 Å². The molecule has 0 aliphatic heterocycles. The first-order chi connectivity index (χ1) is 9.40. The SMILES string of the molecule is CNC(CCC1CCCCC1)C1=CCCCCCC1. The lowest BCUT2D eigenvalue weighted by molar-refractivity contribution is 0.321. The fourth-order valence-corrected chi connectivity index (χ4v) is 3.93. The van der Waals surface area contributed by atoms with Gasteiger partial charge >= 0.3 is 0 Å². The van der Waals surface area contributed by atoms with Crippen molar-refractivity contribution >= 4 is 0 Å². The number of allylic oxidation sites excluding steroid dienone is 1. The maximum Gasteiger partial charge on any atom is 0.0276 e. The summed E-state index contributed by atoms with van der Waals surface area (Å²) >= 11 is 0. The van der Waals surface area contributed by atoms with Crippen molar-refractivity contribution < 1.29 is 0 Å². The number of rotatable bonds is 5. The predicted molar refractivity (Wildman–Crippen MR) is 84.4 cm³/mol. The quantitative estimate of drug-likeness (QED) is 0.671. The highest BCUT2D eigenvalue weighted by Crippen LogP contribution is 2.29. The van der Waals surface area contributed by atoms with Crippen LogP contribution in [0.15, 0.2) is 11.6 Å². The summed E-state index contributed by atoms with van der Waals surface area (Å²) in [7, 11) is 2.16. The van der Waals surface area contributed by atoms with Gasteiger partial charge in [-0.05, 0) is 51.5 Å². The van der Waals surface area contributed by atoms with E-state index in [1.165, 1.54) is 83.5 Å². The molecule has 2 aliphatic rings. The van der Waals surface area contributed by atoms with Crippen LogP contribution in [0.1, 0.15) is 83.5 Å². The van der Waals surface area contributed by atoms with E-state index in [0.29, 0.717) is 6.04 Å². The molecule has 1 nitrogen and oxygen atoms in total. The summed E-state index contributed by atoms with van der Waals surface area (Å²) in [6, 6.07) is 0.667. The Bertz CT molecular complexity index is 263. The van der Waals surface area contributed by atoms with Gasteiger partial charge in [0.2, 0.25) is 0 Å². The van der Waals surface area contributed by atoms with Crippen LogP contribution < -0.4 is 5.32 Å². The number of nitrogens with one attached hydrogen (secondary N) is 1. The largest absolute Gasteiger partial charge is 0.313 e. The lowest BCUT2D eigenvalue weighted by Gasteiger charge is -2.26. The van der Waals surface area contributed by atoms with Crippen molar-refractivity contribution in [3.8, 4) is 0 Å². The molecule has 1 fully saturated rings. The van der Waals surface area contributed by atoms with E-state index in [2.05, 4.69) is 18.4 Å². The third kappa shape index (κ3) is 5.30. The van der Waals surface area contributed by atoms with E-state index < -0.39 is 0 Å². The van der Waals surface area contributed by atoms with Crippen LogP contribution in [-0.2, 0) is 0 Å². The maximum absolute atomic E-state index is 3.59. The number of likely N-dealkylation sites (N-methyl/N-ethyl adjacent to an activating group) is 1. The second kappa shape index (κ2) is 8.79. The third-order valence-electron chi connectivity index (χ3n) is 5.21. The minimum absolute atomic E-state index is 0.667. The van der Waals surface area contributed by atoms with E-state index in [-0.39, 0.29) is 0 Å². The Morgan fingerprint density at radius 2 is 1.79 bits per heavy atom. The molecule has 1 heteroatoms. The molecule has 0 heterocycles. The zero-order chi connectivity index (χ0) is 13.3. The van der Waals surface area contributed by atoms with Gasteiger partial charge < -0.3 is 5.32 Å². The Kier molecular flexibility index (Phi) is 6.98. The van der Waals surface area contributed by atoms with Crippen LogP contribution in [-0.4, -0.2) is 13.1 Å². The molecule has 0 saturated heterocycles. The molecule has 0 aromatic carbocycles. The first-order valence-corrected chi connectivity index (χ1v) is 8.76. The molecule has 2 aliphatic carbocycles. The zero-order valence-electron chi connectivity index (χ0n) is 12.9. The fourth-order valence-electron chi connectivity index (χ4n) is 3.93. The summed E-state index contributed by atoms with van der Waals surface area (Å²) in [6.07, 6.45) is 21.2. The molecule has 0 aromatic rings. The van der Waals surface area contributed by atoms with E-state index in [9.17, 15) is 0 Å². The fraction of sp³-hybridized carbons (Fsp3) is 0.889. The normalized spacial score (nSPS) is 24.4. The number of hydrogen-bond acceptors (Lipinski definition) is 1. The van der Waals surface area contributed by atoms with Crippen molar-refractivity contribution in [1.29, 1.82) is 0 Å². The van der Waals surface area contributed by atoms with E-state index in [0.717, 1.165) is 5.92 Å². The highest BCUT2D eigenvalue weighted by molar-refractivity contribution is 5.11. The van der Waals surface area contributed by atoms with Gasteiger partial charge in [0.05, 0.1) is 0 Å². The Morgan fingerprint density at radius 3 is 2.58 bits per heavy atom. The van der Waals surface area contributed by atoms with Gasteiger partial charge in [-0.3, -0.25) is 0 Å². The standard InChI is InChI=1S/C18H33N/c1-19-18(15-14-16-10-6-5-7-11-16)17-12-8-3-2-4-9-13-17/h12,16,18-19H,2-11,13-15H2,1H3. The second-order valence-electron chi connectivity index (χ2n) is 6.65. The van der Waals surface area contributed by atoms with Gasteiger partial charge in [0, 0.05) is 6.04 Å². The van der Waals surface area contributed by atoms with Crippen LogP contribution in [0.5, 0.6) is 0 Å². The van der Waals surface area contributed by atoms with Crippen molar-refractivity contribution in [2.24, 2.45) is 5.92 Å². The minimum atomic E-state index is 0.667. The van der Waals surface area contributed by atoms with Gasteiger partial charge in [0.15, 0.2) is 0 Å². The average molecular weight is 263 g/mol. The lowest BCUT2D eigenvalue weighted by atomic mass is 9.83. The average Bonchev–Trinajstić information content (AvgIpc) is 2.42. The smallest absolute Gasteiger partial charge is 0.0276 e. The molecule has 0 aromatic heterocycles. The summed E-state index contributed by atoms with van der Waals surface area (Å²) in [4.78, 5) is 0. The van der Waals surface area contributed by atoms with Gasteiger partial charge in [0.25, 0.3) is 0 Å². The molecule has 0 spiro atoms. The maximum atomic E-state index is 3.59.